The van der Waals surface area contributed by atoms with E-state index in [0.29, 0.717) is 15.8 Å². The number of hydrogen-bond acceptors (Lipinski definition) is 2. The molecule has 0 aliphatic heterocycles. The largest absolute Gasteiger partial charge is 0.364 e. The predicted octanol–water partition coefficient (Wildman–Crippen LogP) is 1.78. The molecular weight excluding hydrogens is 260 g/mol. The lowest BCUT2D eigenvalue weighted by atomic mass is 10.2. The maximum absolute atomic E-state index is 11.4. The van der Waals surface area contributed by atoms with Crippen molar-refractivity contribution in [1.82, 2.24) is 16.2 Å². The SMILES string of the molecule is CNC(=S)NNC(=O)Nc1ccc(C)c(Cl)c1. The number of carbonyl (C=O) groups is 1. The van der Waals surface area contributed by atoms with Crippen molar-refractivity contribution >= 4 is 40.6 Å². The summed E-state index contributed by atoms with van der Waals surface area (Å²) in [6.07, 6.45) is 0. The molecule has 0 saturated heterocycles. The topological polar surface area (TPSA) is 65.2 Å². The van der Waals surface area contributed by atoms with Gasteiger partial charge >= 0.3 is 6.03 Å². The van der Waals surface area contributed by atoms with Crippen molar-refractivity contribution < 1.29 is 4.79 Å². The molecule has 1 rings (SSSR count). The van der Waals surface area contributed by atoms with E-state index < -0.39 is 6.03 Å². The normalized spacial score (nSPS) is 9.35. The fraction of sp³-hybridized carbons (Fsp3) is 0.200. The van der Waals surface area contributed by atoms with Gasteiger partial charge in [0, 0.05) is 17.8 Å². The maximum atomic E-state index is 11.4. The zero-order valence-electron chi connectivity index (χ0n) is 9.43. The minimum Gasteiger partial charge on any atom is -0.364 e. The first-order chi connectivity index (χ1) is 8.02. The number of hydrogen-bond donors (Lipinski definition) is 4. The van der Waals surface area contributed by atoms with Gasteiger partial charge in [0.15, 0.2) is 5.11 Å². The number of thiocarbonyl (C=S) groups is 1. The first-order valence-corrected chi connectivity index (χ1v) is 5.62. The van der Waals surface area contributed by atoms with Gasteiger partial charge in [-0.15, -0.1) is 0 Å². The molecule has 0 aromatic heterocycles. The average Bonchev–Trinajstić information content (AvgIpc) is 2.31. The maximum Gasteiger partial charge on any atom is 0.337 e. The average molecular weight is 273 g/mol. The molecule has 17 heavy (non-hydrogen) atoms. The van der Waals surface area contributed by atoms with Crippen molar-refractivity contribution in [2.24, 2.45) is 0 Å². The summed E-state index contributed by atoms with van der Waals surface area (Å²) in [7, 11) is 1.65. The molecule has 0 bridgehead atoms. The number of anilines is 1. The fourth-order valence-corrected chi connectivity index (χ4v) is 1.24. The van der Waals surface area contributed by atoms with Crippen LogP contribution in [0.5, 0.6) is 0 Å². The Balaban J connectivity index is 2.50. The number of carbonyl (C=O) groups excluding carboxylic acids is 1. The van der Waals surface area contributed by atoms with E-state index in [0.717, 1.165) is 5.56 Å². The summed E-state index contributed by atoms with van der Waals surface area (Å²) in [5, 5.41) is 6.18. The van der Waals surface area contributed by atoms with Crippen LogP contribution in [0.2, 0.25) is 5.02 Å². The second-order valence-corrected chi connectivity index (χ2v) is 4.06. The molecule has 0 fully saturated rings. The molecule has 0 aliphatic carbocycles. The van der Waals surface area contributed by atoms with Crippen LogP contribution in [0.1, 0.15) is 5.56 Å². The molecule has 0 spiro atoms. The van der Waals surface area contributed by atoms with Crippen molar-refractivity contribution in [3.8, 4) is 0 Å². The van der Waals surface area contributed by atoms with Crippen molar-refractivity contribution in [3.05, 3.63) is 28.8 Å². The van der Waals surface area contributed by atoms with Crippen molar-refractivity contribution in [2.45, 2.75) is 6.92 Å². The molecule has 1 aromatic rings. The molecule has 7 heteroatoms. The van der Waals surface area contributed by atoms with Crippen LogP contribution in [0, 0.1) is 6.92 Å². The Bertz CT molecular complexity index is 438. The molecular formula is C10H13ClN4OS. The molecule has 0 unspecified atom stereocenters. The molecule has 92 valence electrons. The molecule has 0 saturated carbocycles. The number of rotatable bonds is 1. The third kappa shape index (κ3) is 4.46. The number of urea groups is 1. The highest BCUT2D eigenvalue weighted by Gasteiger charge is 2.03. The summed E-state index contributed by atoms with van der Waals surface area (Å²) in [5.41, 5.74) is 6.43. The van der Waals surface area contributed by atoms with E-state index in [-0.39, 0.29) is 0 Å². The van der Waals surface area contributed by atoms with E-state index in [1.807, 2.05) is 13.0 Å². The van der Waals surface area contributed by atoms with E-state index >= 15 is 0 Å². The van der Waals surface area contributed by atoms with E-state index in [4.69, 9.17) is 23.8 Å². The molecule has 1 aromatic carbocycles. The lowest BCUT2D eigenvalue weighted by molar-refractivity contribution is 0.250. The van der Waals surface area contributed by atoms with Crippen LogP contribution in [0.25, 0.3) is 0 Å². The highest BCUT2D eigenvalue weighted by atomic mass is 35.5. The minimum absolute atomic E-state index is 0.321. The number of nitrogens with one attached hydrogen (secondary N) is 4. The predicted molar refractivity (Wildman–Crippen MR) is 73.1 cm³/mol. The fourth-order valence-electron chi connectivity index (χ4n) is 1.01. The highest BCUT2D eigenvalue weighted by Crippen LogP contribution is 2.19. The van der Waals surface area contributed by atoms with Crippen molar-refractivity contribution in [1.29, 1.82) is 0 Å². The van der Waals surface area contributed by atoms with Gasteiger partial charge in [-0.1, -0.05) is 17.7 Å². The van der Waals surface area contributed by atoms with Crippen LogP contribution in [0.4, 0.5) is 10.5 Å². The first-order valence-electron chi connectivity index (χ1n) is 4.84. The van der Waals surface area contributed by atoms with Gasteiger partial charge in [-0.05, 0) is 36.8 Å². The zero-order valence-corrected chi connectivity index (χ0v) is 11.0. The van der Waals surface area contributed by atoms with Gasteiger partial charge in [-0.3, -0.25) is 5.43 Å². The van der Waals surface area contributed by atoms with Gasteiger partial charge in [-0.25, -0.2) is 10.2 Å². The first kappa shape index (κ1) is 13.5. The van der Waals surface area contributed by atoms with Gasteiger partial charge < -0.3 is 10.6 Å². The summed E-state index contributed by atoms with van der Waals surface area (Å²) < 4.78 is 0. The second kappa shape index (κ2) is 6.27. The van der Waals surface area contributed by atoms with Crippen LogP contribution >= 0.6 is 23.8 Å². The summed E-state index contributed by atoms with van der Waals surface area (Å²) in [5.74, 6) is 0. The summed E-state index contributed by atoms with van der Waals surface area (Å²) in [4.78, 5) is 11.4. The Hall–Kier alpha value is -1.53. The van der Waals surface area contributed by atoms with Gasteiger partial charge in [0.25, 0.3) is 0 Å². The number of aryl methyl sites for hydroxylation is 1. The van der Waals surface area contributed by atoms with Crippen molar-refractivity contribution in [3.63, 3.8) is 0 Å². The van der Waals surface area contributed by atoms with Gasteiger partial charge in [0.2, 0.25) is 0 Å². The van der Waals surface area contributed by atoms with Gasteiger partial charge in [0.1, 0.15) is 0 Å². The van der Waals surface area contributed by atoms with Crippen LogP contribution in [-0.4, -0.2) is 18.2 Å². The number of halogens is 1. The zero-order chi connectivity index (χ0) is 12.8. The van der Waals surface area contributed by atoms with Crippen LogP contribution in [0.15, 0.2) is 18.2 Å². The molecule has 0 heterocycles. The molecule has 5 nitrogen and oxygen atoms in total. The minimum atomic E-state index is -0.428. The number of amides is 2. The Kier molecular flexibility index (Phi) is 4.99. The number of benzene rings is 1. The Morgan fingerprint density at radius 2 is 2.06 bits per heavy atom. The summed E-state index contributed by atoms with van der Waals surface area (Å²) in [6, 6.07) is 4.83. The van der Waals surface area contributed by atoms with Crippen LogP contribution < -0.4 is 21.5 Å². The molecule has 0 aliphatic rings. The second-order valence-electron chi connectivity index (χ2n) is 3.25. The molecule has 2 amide bonds. The van der Waals surface area contributed by atoms with E-state index in [2.05, 4.69) is 21.5 Å². The third-order valence-electron chi connectivity index (χ3n) is 1.95. The third-order valence-corrected chi connectivity index (χ3v) is 2.66. The van der Waals surface area contributed by atoms with Crippen LogP contribution in [0.3, 0.4) is 0 Å². The van der Waals surface area contributed by atoms with E-state index in [1.165, 1.54) is 0 Å². The monoisotopic (exact) mass is 272 g/mol. The lowest BCUT2D eigenvalue weighted by Crippen LogP contribution is -2.47. The molecule has 0 atom stereocenters. The van der Waals surface area contributed by atoms with E-state index in [1.54, 1.807) is 19.2 Å². The summed E-state index contributed by atoms with van der Waals surface area (Å²) in [6.45, 7) is 1.89. The lowest BCUT2D eigenvalue weighted by Gasteiger charge is -2.10. The standard InChI is InChI=1S/C10H13ClN4OS/c1-6-3-4-7(5-8(6)11)13-9(16)14-15-10(17)12-2/h3-5H,1-2H3,(H2,12,15,17)(H2,13,14,16). The van der Waals surface area contributed by atoms with Crippen LogP contribution in [-0.2, 0) is 0 Å². The quantitative estimate of drug-likeness (QED) is 0.465. The van der Waals surface area contributed by atoms with Crippen molar-refractivity contribution in [2.75, 3.05) is 12.4 Å². The van der Waals surface area contributed by atoms with Gasteiger partial charge in [0.05, 0.1) is 0 Å². The summed E-state index contributed by atoms with van der Waals surface area (Å²) >= 11 is 10.7. The number of hydrazine groups is 1. The Morgan fingerprint density at radius 1 is 1.35 bits per heavy atom. The highest BCUT2D eigenvalue weighted by molar-refractivity contribution is 7.80. The molecule has 4 N–H and O–H groups in total. The smallest absolute Gasteiger partial charge is 0.337 e. The van der Waals surface area contributed by atoms with E-state index in [9.17, 15) is 4.79 Å². The Labute approximate surface area is 110 Å². The van der Waals surface area contributed by atoms with Gasteiger partial charge in [-0.2, -0.15) is 0 Å². The molecule has 0 radical (unpaired) electrons. The Morgan fingerprint density at radius 3 is 2.65 bits per heavy atom.